The third-order valence-corrected chi connectivity index (χ3v) is 1.93. The minimum atomic E-state index is -0.285. The Balaban J connectivity index is 1.87. The molecule has 0 spiro atoms. The Morgan fingerprint density at radius 3 is 2.83 bits per heavy atom. The largest absolute Gasteiger partial charge is 0.450 e. The van der Waals surface area contributed by atoms with Crippen molar-refractivity contribution < 1.29 is 9.53 Å². The molecule has 3 nitrogen and oxygen atoms in total. The van der Waals surface area contributed by atoms with Gasteiger partial charge in [-0.15, -0.1) is 11.6 Å². The van der Waals surface area contributed by atoms with Gasteiger partial charge in [-0.3, -0.25) is 0 Å². The Morgan fingerprint density at radius 2 is 2.25 bits per heavy atom. The fraction of sp³-hybridized carbons (Fsp3) is 0.875. The molecule has 70 valence electrons. The van der Waals surface area contributed by atoms with Crippen molar-refractivity contribution in [3.63, 3.8) is 0 Å². The first kappa shape index (κ1) is 9.65. The van der Waals surface area contributed by atoms with E-state index in [4.69, 9.17) is 16.3 Å². The summed E-state index contributed by atoms with van der Waals surface area (Å²) in [5, 5.41) is 2.74. The number of carbonyl (C=O) groups is 1. The van der Waals surface area contributed by atoms with Crippen LogP contribution in [0.1, 0.15) is 25.7 Å². The molecule has 1 rings (SSSR count). The number of unbranched alkanes of at least 4 members (excludes halogenated alkanes) is 1. The fourth-order valence-corrected chi connectivity index (χ4v) is 0.986. The quantitative estimate of drug-likeness (QED) is 0.533. The van der Waals surface area contributed by atoms with Gasteiger partial charge in [0.25, 0.3) is 0 Å². The molecular formula is C8H14ClNO2. The summed E-state index contributed by atoms with van der Waals surface area (Å²) >= 11 is 5.46. The van der Waals surface area contributed by atoms with Gasteiger partial charge >= 0.3 is 6.09 Å². The second kappa shape index (κ2) is 5.25. The number of alkyl carbamates (subject to hydrolysis) is 1. The number of hydrogen-bond acceptors (Lipinski definition) is 2. The lowest BCUT2D eigenvalue weighted by atomic mass is 10.4. The molecule has 0 aromatic carbocycles. The van der Waals surface area contributed by atoms with Crippen LogP contribution in [0.2, 0.25) is 0 Å². The molecule has 0 radical (unpaired) electrons. The SMILES string of the molecule is O=C(NC1CC1)OCCCCCl. The molecule has 0 bridgehead atoms. The number of carbonyl (C=O) groups excluding carboxylic acids is 1. The van der Waals surface area contributed by atoms with Gasteiger partial charge < -0.3 is 10.1 Å². The van der Waals surface area contributed by atoms with Gasteiger partial charge in [0.2, 0.25) is 0 Å². The first-order valence-electron chi connectivity index (χ1n) is 4.32. The third kappa shape index (κ3) is 4.44. The Bertz CT molecular complexity index is 148. The summed E-state index contributed by atoms with van der Waals surface area (Å²) in [6.45, 7) is 0.477. The van der Waals surface area contributed by atoms with E-state index in [1.54, 1.807) is 0 Å². The lowest BCUT2D eigenvalue weighted by Crippen LogP contribution is -2.26. The highest BCUT2D eigenvalue weighted by Crippen LogP contribution is 2.18. The number of rotatable bonds is 5. The molecule has 0 saturated heterocycles. The molecule has 1 aliphatic carbocycles. The molecule has 1 amide bonds. The Labute approximate surface area is 77.4 Å². The standard InChI is InChI=1S/C8H14ClNO2/c9-5-1-2-6-12-8(11)10-7-3-4-7/h7H,1-6H2,(H,10,11). The summed E-state index contributed by atoms with van der Waals surface area (Å²) in [6.07, 6.45) is 3.65. The monoisotopic (exact) mass is 191 g/mol. The van der Waals surface area contributed by atoms with Crippen LogP contribution in [0.5, 0.6) is 0 Å². The molecule has 12 heavy (non-hydrogen) atoms. The minimum absolute atomic E-state index is 0.285. The van der Waals surface area contributed by atoms with Gasteiger partial charge in [0.15, 0.2) is 0 Å². The summed E-state index contributed by atoms with van der Waals surface area (Å²) in [5.74, 6) is 0.633. The van der Waals surface area contributed by atoms with Crippen molar-refractivity contribution in [2.24, 2.45) is 0 Å². The van der Waals surface area contributed by atoms with E-state index >= 15 is 0 Å². The van der Waals surface area contributed by atoms with Crippen LogP contribution in [0.15, 0.2) is 0 Å². The van der Waals surface area contributed by atoms with Crippen molar-refractivity contribution in [1.82, 2.24) is 5.32 Å². The minimum Gasteiger partial charge on any atom is -0.450 e. The van der Waals surface area contributed by atoms with Crippen LogP contribution < -0.4 is 5.32 Å². The molecular weight excluding hydrogens is 178 g/mol. The second-order valence-corrected chi connectivity index (χ2v) is 3.33. The normalized spacial score (nSPS) is 15.8. The van der Waals surface area contributed by atoms with Crippen molar-refractivity contribution in [2.75, 3.05) is 12.5 Å². The zero-order valence-electron chi connectivity index (χ0n) is 7.01. The highest BCUT2D eigenvalue weighted by molar-refractivity contribution is 6.17. The lowest BCUT2D eigenvalue weighted by Gasteiger charge is -2.04. The highest BCUT2D eigenvalue weighted by Gasteiger charge is 2.23. The Morgan fingerprint density at radius 1 is 1.50 bits per heavy atom. The van der Waals surface area contributed by atoms with Crippen molar-refractivity contribution in [3.05, 3.63) is 0 Å². The number of nitrogens with one attached hydrogen (secondary N) is 1. The van der Waals surface area contributed by atoms with E-state index in [2.05, 4.69) is 5.32 Å². The predicted molar refractivity (Wildman–Crippen MR) is 47.5 cm³/mol. The van der Waals surface area contributed by atoms with Crippen molar-refractivity contribution >= 4 is 17.7 Å². The lowest BCUT2D eigenvalue weighted by molar-refractivity contribution is 0.144. The van der Waals surface area contributed by atoms with Crippen LogP contribution in [0.4, 0.5) is 4.79 Å². The van der Waals surface area contributed by atoms with Crippen LogP contribution in [-0.4, -0.2) is 24.6 Å². The molecule has 1 N–H and O–H groups in total. The maximum Gasteiger partial charge on any atom is 0.407 e. The zero-order valence-corrected chi connectivity index (χ0v) is 7.77. The maximum absolute atomic E-state index is 10.9. The first-order chi connectivity index (χ1) is 5.83. The topological polar surface area (TPSA) is 38.3 Å². The molecule has 0 atom stereocenters. The van der Waals surface area contributed by atoms with E-state index < -0.39 is 0 Å². The average molecular weight is 192 g/mol. The van der Waals surface area contributed by atoms with Crippen LogP contribution in [0, 0.1) is 0 Å². The van der Waals surface area contributed by atoms with E-state index in [1.807, 2.05) is 0 Å². The molecule has 0 unspecified atom stereocenters. The summed E-state index contributed by atoms with van der Waals surface area (Å²) in [6, 6.07) is 0.380. The molecule has 0 aromatic heterocycles. The smallest absolute Gasteiger partial charge is 0.407 e. The predicted octanol–water partition coefficient (Wildman–Crippen LogP) is 1.89. The number of halogens is 1. The van der Waals surface area contributed by atoms with E-state index in [-0.39, 0.29) is 6.09 Å². The number of ether oxygens (including phenoxy) is 1. The summed E-state index contributed by atoms with van der Waals surface area (Å²) in [7, 11) is 0. The van der Waals surface area contributed by atoms with Gasteiger partial charge in [0.1, 0.15) is 0 Å². The van der Waals surface area contributed by atoms with Crippen molar-refractivity contribution in [1.29, 1.82) is 0 Å². The molecule has 4 heteroatoms. The van der Waals surface area contributed by atoms with Gasteiger partial charge in [0.05, 0.1) is 6.61 Å². The molecule has 0 aliphatic heterocycles. The number of alkyl halides is 1. The summed E-state index contributed by atoms with van der Waals surface area (Å²) in [4.78, 5) is 10.9. The molecule has 1 fully saturated rings. The van der Waals surface area contributed by atoms with Gasteiger partial charge in [0, 0.05) is 11.9 Å². The van der Waals surface area contributed by atoms with Gasteiger partial charge in [-0.1, -0.05) is 0 Å². The molecule has 1 saturated carbocycles. The number of amides is 1. The van der Waals surface area contributed by atoms with Crippen molar-refractivity contribution in [3.8, 4) is 0 Å². The van der Waals surface area contributed by atoms with Gasteiger partial charge in [-0.25, -0.2) is 4.79 Å². The second-order valence-electron chi connectivity index (χ2n) is 2.95. The van der Waals surface area contributed by atoms with E-state index in [1.165, 1.54) is 0 Å². The van der Waals surface area contributed by atoms with Crippen molar-refractivity contribution in [2.45, 2.75) is 31.7 Å². The van der Waals surface area contributed by atoms with Gasteiger partial charge in [-0.2, -0.15) is 0 Å². The Hall–Kier alpha value is -0.440. The van der Waals surface area contributed by atoms with Gasteiger partial charge in [-0.05, 0) is 25.7 Å². The highest BCUT2D eigenvalue weighted by atomic mass is 35.5. The maximum atomic E-state index is 10.9. The zero-order chi connectivity index (χ0) is 8.81. The third-order valence-electron chi connectivity index (χ3n) is 1.66. The Kier molecular flexibility index (Phi) is 4.22. The summed E-state index contributed by atoms with van der Waals surface area (Å²) in [5.41, 5.74) is 0. The van der Waals surface area contributed by atoms with E-state index in [0.29, 0.717) is 18.5 Å². The van der Waals surface area contributed by atoms with Crippen LogP contribution in [0.25, 0.3) is 0 Å². The van der Waals surface area contributed by atoms with E-state index in [9.17, 15) is 4.79 Å². The first-order valence-corrected chi connectivity index (χ1v) is 4.85. The van der Waals surface area contributed by atoms with Crippen LogP contribution in [0.3, 0.4) is 0 Å². The summed E-state index contributed by atoms with van der Waals surface area (Å²) < 4.78 is 4.89. The van der Waals surface area contributed by atoms with Crippen LogP contribution in [-0.2, 0) is 4.74 Å². The average Bonchev–Trinajstić information content (AvgIpc) is 2.82. The molecule has 0 aromatic rings. The van der Waals surface area contributed by atoms with E-state index in [0.717, 1.165) is 25.7 Å². The van der Waals surface area contributed by atoms with Crippen LogP contribution >= 0.6 is 11.6 Å². The number of hydrogen-bond donors (Lipinski definition) is 1. The molecule has 0 heterocycles. The molecule has 1 aliphatic rings. The fourth-order valence-electron chi connectivity index (χ4n) is 0.797.